The van der Waals surface area contributed by atoms with E-state index in [-0.39, 0.29) is 18.4 Å². The second kappa shape index (κ2) is 8.39. The molecule has 158 valence electrons. The van der Waals surface area contributed by atoms with Gasteiger partial charge in [0.25, 0.3) is 5.91 Å². The number of carbonyl (C=O) groups excluding carboxylic acids is 2. The van der Waals surface area contributed by atoms with Crippen molar-refractivity contribution in [3.05, 3.63) is 64.5 Å². The van der Waals surface area contributed by atoms with E-state index in [2.05, 4.69) is 15.6 Å². The summed E-state index contributed by atoms with van der Waals surface area (Å²) < 4.78 is 5.76. The number of nitrogens with zero attached hydrogens (tertiary/aromatic N) is 2. The molecule has 2 amide bonds. The predicted octanol–water partition coefficient (Wildman–Crippen LogP) is 4.14. The zero-order valence-electron chi connectivity index (χ0n) is 16.8. The molecular formula is C23H22N4O3S. The molecule has 1 aliphatic heterocycles. The van der Waals surface area contributed by atoms with Crippen molar-refractivity contribution < 1.29 is 14.3 Å². The van der Waals surface area contributed by atoms with Gasteiger partial charge in [0, 0.05) is 23.3 Å². The van der Waals surface area contributed by atoms with E-state index < -0.39 is 0 Å². The number of anilines is 3. The van der Waals surface area contributed by atoms with E-state index >= 15 is 0 Å². The fraction of sp³-hybridized carbons (Fsp3) is 0.261. The first-order valence-corrected chi connectivity index (χ1v) is 11.1. The van der Waals surface area contributed by atoms with Crippen molar-refractivity contribution in [2.24, 2.45) is 5.92 Å². The highest BCUT2D eigenvalue weighted by Gasteiger charge is 2.32. The highest BCUT2D eigenvalue weighted by atomic mass is 32.1. The third kappa shape index (κ3) is 4.54. The lowest BCUT2D eigenvalue weighted by Gasteiger charge is -2.29. The molecule has 1 aromatic carbocycles. The van der Waals surface area contributed by atoms with Gasteiger partial charge in [0.2, 0.25) is 5.91 Å². The summed E-state index contributed by atoms with van der Waals surface area (Å²) in [6.45, 7) is 1.45. The highest BCUT2D eigenvalue weighted by molar-refractivity contribution is 7.09. The second-order valence-corrected chi connectivity index (χ2v) is 8.77. The van der Waals surface area contributed by atoms with E-state index in [0.717, 1.165) is 23.5 Å². The molecule has 1 aliphatic carbocycles. The summed E-state index contributed by atoms with van der Waals surface area (Å²) in [4.78, 5) is 32.4. The van der Waals surface area contributed by atoms with Gasteiger partial charge in [-0.3, -0.25) is 9.59 Å². The van der Waals surface area contributed by atoms with Gasteiger partial charge in [0.05, 0.1) is 17.8 Å². The Balaban J connectivity index is 1.26. The van der Waals surface area contributed by atoms with Crippen LogP contribution >= 0.6 is 11.3 Å². The van der Waals surface area contributed by atoms with Gasteiger partial charge in [0.1, 0.15) is 18.2 Å². The molecule has 0 spiro atoms. The average molecular weight is 435 g/mol. The summed E-state index contributed by atoms with van der Waals surface area (Å²) in [6, 6.07) is 13.0. The van der Waals surface area contributed by atoms with Crippen molar-refractivity contribution >= 4 is 40.3 Å². The molecular weight excluding hydrogens is 412 g/mol. The SMILES string of the molecule is O=C(Nc1ccc(OCc2cccs2)cc1)c1cnc2c(c1)N(CC1CC1)C(=O)CN2. The van der Waals surface area contributed by atoms with Crippen LogP contribution < -0.4 is 20.3 Å². The first kappa shape index (κ1) is 19.6. The van der Waals surface area contributed by atoms with Gasteiger partial charge in [0.15, 0.2) is 0 Å². The minimum absolute atomic E-state index is 0.0110. The molecule has 2 aliphatic rings. The largest absolute Gasteiger partial charge is 0.488 e. The van der Waals surface area contributed by atoms with Crippen LogP contribution in [0.5, 0.6) is 5.75 Å². The molecule has 0 unspecified atom stereocenters. The van der Waals surface area contributed by atoms with Crippen molar-refractivity contribution in [3.63, 3.8) is 0 Å². The second-order valence-electron chi connectivity index (χ2n) is 7.74. The summed E-state index contributed by atoms with van der Waals surface area (Å²) in [5.41, 5.74) is 1.75. The van der Waals surface area contributed by atoms with Crippen LogP contribution in [0.2, 0.25) is 0 Å². The van der Waals surface area contributed by atoms with Gasteiger partial charge in [-0.1, -0.05) is 6.07 Å². The molecule has 8 heteroatoms. The van der Waals surface area contributed by atoms with Crippen molar-refractivity contribution in [3.8, 4) is 5.75 Å². The fourth-order valence-electron chi connectivity index (χ4n) is 3.45. The van der Waals surface area contributed by atoms with Crippen LogP contribution in [-0.2, 0) is 11.4 Å². The summed E-state index contributed by atoms with van der Waals surface area (Å²) >= 11 is 1.65. The van der Waals surface area contributed by atoms with E-state index in [1.54, 1.807) is 34.4 Å². The maximum atomic E-state index is 12.8. The molecule has 0 radical (unpaired) electrons. The number of pyridine rings is 1. The topological polar surface area (TPSA) is 83.6 Å². The van der Waals surface area contributed by atoms with E-state index in [0.29, 0.717) is 41.8 Å². The number of hydrogen-bond donors (Lipinski definition) is 2. The quantitative estimate of drug-likeness (QED) is 0.584. The standard InChI is InChI=1S/C23H22N4O3S/c28-21-12-25-22-20(27(21)13-15-3-4-15)10-16(11-24-22)23(29)26-17-5-7-18(8-6-17)30-14-19-2-1-9-31-19/h1-2,5-11,15H,3-4,12-14H2,(H,24,25)(H,26,29). The summed E-state index contributed by atoms with van der Waals surface area (Å²) in [5.74, 6) is 1.67. The van der Waals surface area contributed by atoms with Crippen LogP contribution in [0.25, 0.3) is 0 Å². The minimum atomic E-state index is -0.271. The number of hydrogen-bond acceptors (Lipinski definition) is 6. The maximum absolute atomic E-state index is 12.8. The summed E-state index contributed by atoms with van der Waals surface area (Å²) in [5, 5.41) is 7.94. The lowest BCUT2D eigenvalue weighted by Crippen LogP contribution is -2.41. The molecule has 5 rings (SSSR count). The summed E-state index contributed by atoms with van der Waals surface area (Å²) in [7, 11) is 0. The number of ether oxygens (including phenoxy) is 1. The Kier molecular flexibility index (Phi) is 5.30. The summed E-state index contributed by atoms with van der Waals surface area (Å²) in [6.07, 6.45) is 3.82. The molecule has 31 heavy (non-hydrogen) atoms. The number of rotatable bonds is 7. The molecule has 2 N–H and O–H groups in total. The van der Waals surface area contributed by atoms with E-state index in [4.69, 9.17) is 4.74 Å². The molecule has 3 aromatic rings. The van der Waals surface area contributed by atoms with E-state index in [1.165, 1.54) is 6.20 Å². The van der Waals surface area contributed by atoms with Crippen LogP contribution in [0.1, 0.15) is 28.1 Å². The number of amides is 2. The number of fused-ring (bicyclic) bond motifs is 1. The Morgan fingerprint density at radius 3 is 2.84 bits per heavy atom. The number of aromatic nitrogens is 1. The Morgan fingerprint density at radius 1 is 1.26 bits per heavy atom. The van der Waals surface area contributed by atoms with Crippen LogP contribution in [0, 0.1) is 5.92 Å². The van der Waals surface area contributed by atoms with Gasteiger partial charge in [-0.2, -0.15) is 0 Å². The lowest BCUT2D eigenvalue weighted by molar-refractivity contribution is -0.117. The first-order chi connectivity index (χ1) is 15.2. The highest BCUT2D eigenvalue weighted by Crippen LogP contribution is 2.35. The van der Waals surface area contributed by atoms with Gasteiger partial charge in [-0.25, -0.2) is 4.98 Å². The van der Waals surface area contributed by atoms with Crippen molar-refractivity contribution in [1.29, 1.82) is 0 Å². The molecule has 1 saturated carbocycles. The minimum Gasteiger partial charge on any atom is -0.488 e. The average Bonchev–Trinajstić information content (AvgIpc) is 3.46. The monoisotopic (exact) mass is 434 g/mol. The Morgan fingerprint density at radius 2 is 2.10 bits per heavy atom. The first-order valence-electron chi connectivity index (χ1n) is 10.3. The van der Waals surface area contributed by atoms with Crippen LogP contribution in [0.4, 0.5) is 17.2 Å². The Labute approximate surface area is 184 Å². The molecule has 3 heterocycles. The maximum Gasteiger partial charge on any atom is 0.257 e. The Hall–Kier alpha value is -3.39. The van der Waals surface area contributed by atoms with Crippen molar-refractivity contribution in [2.45, 2.75) is 19.4 Å². The number of nitrogens with one attached hydrogen (secondary N) is 2. The molecule has 0 bridgehead atoms. The number of thiophene rings is 1. The fourth-order valence-corrected chi connectivity index (χ4v) is 4.07. The third-order valence-electron chi connectivity index (χ3n) is 5.34. The van der Waals surface area contributed by atoms with Gasteiger partial charge < -0.3 is 20.3 Å². The van der Waals surface area contributed by atoms with Gasteiger partial charge in [-0.15, -0.1) is 11.3 Å². The predicted molar refractivity (Wildman–Crippen MR) is 121 cm³/mol. The van der Waals surface area contributed by atoms with Gasteiger partial charge >= 0.3 is 0 Å². The lowest BCUT2D eigenvalue weighted by atomic mass is 10.1. The number of benzene rings is 1. The molecule has 7 nitrogen and oxygen atoms in total. The molecule has 2 aromatic heterocycles. The molecule has 0 atom stereocenters. The zero-order chi connectivity index (χ0) is 21.2. The van der Waals surface area contributed by atoms with Crippen LogP contribution in [-0.4, -0.2) is 29.9 Å². The van der Waals surface area contributed by atoms with Crippen LogP contribution in [0.15, 0.2) is 54.0 Å². The smallest absolute Gasteiger partial charge is 0.257 e. The molecule has 1 fully saturated rings. The Bertz CT molecular complexity index is 1090. The van der Waals surface area contributed by atoms with E-state index in [1.807, 2.05) is 29.6 Å². The normalized spacial score (nSPS) is 15.2. The number of carbonyl (C=O) groups is 2. The van der Waals surface area contributed by atoms with Crippen molar-refractivity contribution in [2.75, 3.05) is 28.6 Å². The zero-order valence-corrected chi connectivity index (χ0v) is 17.7. The van der Waals surface area contributed by atoms with E-state index in [9.17, 15) is 9.59 Å². The van der Waals surface area contributed by atoms with Gasteiger partial charge in [-0.05, 0) is 60.5 Å². The third-order valence-corrected chi connectivity index (χ3v) is 6.19. The molecule has 0 saturated heterocycles. The van der Waals surface area contributed by atoms with Crippen LogP contribution in [0.3, 0.4) is 0 Å². The van der Waals surface area contributed by atoms with Crippen molar-refractivity contribution in [1.82, 2.24) is 4.98 Å².